The topological polar surface area (TPSA) is 29.5 Å². The number of aromatic hydroxyl groups is 1. The Kier molecular flexibility index (Phi) is 17.9. The first-order valence-electron chi connectivity index (χ1n) is 8.83. The maximum atomic E-state index is 9.67. The van der Waals surface area contributed by atoms with Crippen molar-refractivity contribution in [2.24, 2.45) is 0 Å². The number of benzene rings is 1. The predicted molar refractivity (Wildman–Crippen MR) is 102 cm³/mol. The summed E-state index contributed by atoms with van der Waals surface area (Å²) in [6.07, 6.45) is 7.06. The van der Waals surface area contributed by atoms with Crippen LogP contribution >= 0.6 is 15.9 Å². The van der Waals surface area contributed by atoms with Gasteiger partial charge in [-0.25, -0.2) is 0 Å². The van der Waals surface area contributed by atoms with Gasteiger partial charge in [-0.3, -0.25) is 0 Å². The summed E-state index contributed by atoms with van der Waals surface area (Å²) in [6.45, 7) is 13.0. The zero-order valence-corrected chi connectivity index (χ0v) is 16.9. The van der Waals surface area contributed by atoms with Gasteiger partial charge in [0.15, 0.2) is 0 Å². The van der Waals surface area contributed by atoms with Crippen LogP contribution in [-0.2, 0) is 6.42 Å². The first-order valence-corrected chi connectivity index (χ1v) is 9.62. The summed E-state index contributed by atoms with van der Waals surface area (Å²) >= 11 is 3.33. The van der Waals surface area contributed by atoms with Crippen LogP contribution in [0.15, 0.2) is 16.6 Å². The van der Waals surface area contributed by atoms with Gasteiger partial charge in [-0.1, -0.05) is 67.2 Å². The van der Waals surface area contributed by atoms with Crippen molar-refractivity contribution in [1.29, 1.82) is 0 Å². The Morgan fingerprint density at radius 3 is 2.09 bits per heavy atom. The molecule has 0 unspecified atom stereocenters. The summed E-state index contributed by atoms with van der Waals surface area (Å²) in [4.78, 5) is 0. The molecule has 0 saturated heterocycles. The van der Waals surface area contributed by atoms with E-state index in [0.29, 0.717) is 0 Å². The lowest BCUT2D eigenvalue weighted by Gasteiger charge is -2.12. The molecule has 0 aromatic heterocycles. The normalized spacial score (nSPS) is 9.23. The van der Waals surface area contributed by atoms with Crippen molar-refractivity contribution in [3.05, 3.63) is 22.2 Å². The van der Waals surface area contributed by atoms with Crippen molar-refractivity contribution in [1.82, 2.24) is 0 Å². The number of unbranched alkanes of at least 4 members (excludes halogenated alkanes) is 4. The molecule has 0 bridgehead atoms. The number of aryl methyl sites for hydroxylation is 1. The summed E-state index contributed by atoms with van der Waals surface area (Å²) < 4.78 is 6.49. The lowest BCUT2D eigenvalue weighted by atomic mass is 10.1. The molecule has 0 amide bonds. The van der Waals surface area contributed by atoms with Crippen molar-refractivity contribution in [2.75, 3.05) is 6.61 Å². The number of ether oxygens (including phenoxy) is 1. The highest BCUT2D eigenvalue weighted by atomic mass is 79.9. The minimum atomic E-state index is 0.244. The molecular formula is C19H35BrO2. The highest BCUT2D eigenvalue weighted by molar-refractivity contribution is 9.10. The maximum Gasteiger partial charge on any atom is 0.133 e. The standard InChI is InChI=1S/C15H23BrO2.2C2H6/c1-3-5-6-7-8-9-18-15-11-14(17)13(16)10-12(15)4-2;2*1-2/h10-11,17H,3-9H2,1-2H3;2*1-2H3. The molecule has 1 rings (SSSR count). The fourth-order valence-corrected chi connectivity index (χ4v) is 2.27. The van der Waals surface area contributed by atoms with E-state index in [0.717, 1.165) is 35.2 Å². The average molecular weight is 375 g/mol. The molecule has 0 radical (unpaired) electrons. The van der Waals surface area contributed by atoms with Gasteiger partial charge >= 0.3 is 0 Å². The van der Waals surface area contributed by atoms with Crippen LogP contribution in [0, 0.1) is 0 Å². The molecule has 0 saturated carbocycles. The molecule has 2 nitrogen and oxygen atoms in total. The Bertz CT molecular complexity index is 365. The minimum Gasteiger partial charge on any atom is -0.507 e. The van der Waals surface area contributed by atoms with Crippen molar-refractivity contribution in [2.45, 2.75) is 80.1 Å². The molecule has 1 N–H and O–H groups in total. The molecule has 1 aromatic carbocycles. The molecule has 0 atom stereocenters. The van der Waals surface area contributed by atoms with Crippen molar-refractivity contribution in [3.63, 3.8) is 0 Å². The maximum absolute atomic E-state index is 9.67. The first-order chi connectivity index (χ1) is 10.7. The number of phenols is 1. The van der Waals surface area contributed by atoms with Gasteiger partial charge in [-0.15, -0.1) is 0 Å². The van der Waals surface area contributed by atoms with Crippen LogP contribution in [0.3, 0.4) is 0 Å². The summed E-state index contributed by atoms with van der Waals surface area (Å²) in [5, 5.41) is 9.67. The molecular weight excluding hydrogens is 340 g/mol. The van der Waals surface area contributed by atoms with E-state index in [2.05, 4.69) is 29.8 Å². The Morgan fingerprint density at radius 1 is 0.955 bits per heavy atom. The van der Waals surface area contributed by atoms with Crippen LogP contribution in [0.4, 0.5) is 0 Å². The highest BCUT2D eigenvalue weighted by Gasteiger charge is 2.07. The molecule has 130 valence electrons. The van der Waals surface area contributed by atoms with Crippen molar-refractivity contribution >= 4 is 15.9 Å². The Morgan fingerprint density at radius 2 is 1.55 bits per heavy atom. The smallest absolute Gasteiger partial charge is 0.133 e. The van der Waals surface area contributed by atoms with Crippen LogP contribution < -0.4 is 4.74 Å². The molecule has 0 fully saturated rings. The van der Waals surface area contributed by atoms with E-state index in [-0.39, 0.29) is 5.75 Å². The van der Waals surface area contributed by atoms with E-state index in [9.17, 15) is 5.11 Å². The quantitative estimate of drug-likeness (QED) is 0.490. The number of halogens is 1. The van der Waals surface area contributed by atoms with Gasteiger partial charge in [0.1, 0.15) is 11.5 Å². The van der Waals surface area contributed by atoms with Gasteiger partial charge in [-0.2, -0.15) is 0 Å². The fourth-order valence-electron chi connectivity index (χ4n) is 1.88. The average Bonchev–Trinajstić information content (AvgIpc) is 2.57. The zero-order valence-electron chi connectivity index (χ0n) is 15.3. The van der Waals surface area contributed by atoms with Crippen LogP contribution in [0.5, 0.6) is 11.5 Å². The van der Waals surface area contributed by atoms with E-state index in [4.69, 9.17) is 4.74 Å². The third-order valence-corrected chi connectivity index (χ3v) is 3.65. The number of phenolic OH excluding ortho intramolecular Hbond substituents is 1. The summed E-state index contributed by atoms with van der Waals surface area (Å²) in [5.41, 5.74) is 1.13. The second kappa shape index (κ2) is 16.7. The molecule has 0 heterocycles. The van der Waals surface area contributed by atoms with E-state index >= 15 is 0 Å². The second-order valence-electron chi connectivity index (χ2n) is 4.53. The Balaban J connectivity index is 0. The summed E-state index contributed by atoms with van der Waals surface area (Å²) in [7, 11) is 0. The van der Waals surface area contributed by atoms with E-state index in [1.807, 2.05) is 33.8 Å². The zero-order chi connectivity index (χ0) is 17.4. The molecule has 0 aliphatic carbocycles. The molecule has 1 aromatic rings. The predicted octanol–water partition coefficient (Wildman–Crippen LogP) is 7.12. The lowest BCUT2D eigenvalue weighted by molar-refractivity contribution is 0.300. The van der Waals surface area contributed by atoms with Gasteiger partial charge < -0.3 is 9.84 Å². The minimum absolute atomic E-state index is 0.244. The first kappa shape index (κ1) is 23.6. The van der Waals surface area contributed by atoms with Crippen molar-refractivity contribution in [3.8, 4) is 11.5 Å². The monoisotopic (exact) mass is 374 g/mol. The third-order valence-electron chi connectivity index (χ3n) is 3.02. The van der Waals surface area contributed by atoms with Gasteiger partial charge in [-0.05, 0) is 40.4 Å². The van der Waals surface area contributed by atoms with Crippen molar-refractivity contribution < 1.29 is 9.84 Å². The number of rotatable bonds is 8. The fraction of sp³-hybridized carbons (Fsp3) is 0.684. The van der Waals surface area contributed by atoms with E-state index in [1.54, 1.807) is 6.07 Å². The largest absolute Gasteiger partial charge is 0.507 e. The highest BCUT2D eigenvalue weighted by Crippen LogP contribution is 2.32. The van der Waals surface area contributed by atoms with Crippen LogP contribution in [-0.4, -0.2) is 11.7 Å². The van der Waals surface area contributed by atoms with Gasteiger partial charge in [0, 0.05) is 6.07 Å². The molecule has 22 heavy (non-hydrogen) atoms. The summed E-state index contributed by atoms with van der Waals surface area (Å²) in [5.74, 6) is 1.06. The van der Waals surface area contributed by atoms with Gasteiger partial charge in [0.25, 0.3) is 0 Å². The number of hydrogen-bond acceptors (Lipinski definition) is 2. The Hall–Kier alpha value is -0.700. The van der Waals surface area contributed by atoms with Gasteiger partial charge in [0.2, 0.25) is 0 Å². The molecule has 3 heteroatoms. The third kappa shape index (κ3) is 10.1. The van der Waals surface area contributed by atoms with Crippen LogP contribution in [0.2, 0.25) is 0 Å². The molecule has 0 aliphatic heterocycles. The SMILES string of the molecule is CC.CC.CCCCCCCOc1cc(O)c(Br)cc1CC. The Labute approximate surface area is 146 Å². The van der Waals surface area contributed by atoms with Gasteiger partial charge in [0.05, 0.1) is 11.1 Å². The molecule has 0 spiro atoms. The lowest BCUT2D eigenvalue weighted by Crippen LogP contribution is -2.00. The molecule has 0 aliphatic rings. The second-order valence-corrected chi connectivity index (χ2v) is 5.38. The summed E-state index contributed by atoms with van der Waals surface area (Å²) in [6, 6.07) is 3.64. The van der Waals surface area contributed by atoms with E-state index in [1.165, 1.54) is 25.7 Å². The van der Waals surface area contributed by atoms with Crippen LogP contribution in [0.25, 0.3) is 0 Å². The van der Waals surface area contributed by atoms with E-state index < -0.39 is 0 Å². The number of hydrogen-bond donors (Lipinski definition) is 1. The van der Waals surface area contributed by atoms with Crippen LogP contribution in [0.1, 0.15) is 79.2 Å².